The summed E-state index contributed by atoms with van der Waals surface area (Å²) in [6.45, 7) is 2.03. The summed E-state index contributed by atoms with van der Waals surface area (Å²) >= 11 is 0. The molecule has 0 saturated carbocycles. The predicted octanol–water partition coefficient (Wildman–Crippen LogP) is 12.6. The van der Waals surface area contributed by atoms with E-state index in [2.05, 4.69) is 164 Å². The van der Waals surface area contributed by atoms with E-state index >= 15 is 0 Å². The van der Waals surface area contributed by atoms with Gasteiger partial charge in [0.2, 0.25) is 0 Å². The zero-order valence-corrected chi connectivity index (χ0v) is 29.9. The van der Waals surface area contributed by atoms with E-state index in [9.17, 15) is 0 Å². The van der Waals surface area contributed by atoms with E-state index in [-0.39, 0.29) is 0 Å². The number of aryl methyl sites for hydroxylation is 1. The molecule has 0 unspecified atom stereocenters. The molecule has 6 aromatic carbocycles. The summed E-state index contributed by atoms with van der Waals surface area (Å²) in [5.74, 6) is 0. The molecule has 5 heteroatoms. The van der Waals surface area contributed by atoms with Gasteiger partial charge in [-0.15, -0.1) is 0 Å². The molecule has 0 aliphatic heterocycles. The lowest BCUT2D eigenvalue weighted by atomic mass is 9.96. The van der Waals surface area contributed by atoms with Crippen LogP contribution < -0.4 is 0 Å². The molecule has 11 aromatic rings. The smallest absolute Gasteiger partial charge is 0.0978 e. The Bertz CT molecular complexity index is 3200. The van der Waals surface area contributed by atoms with Crippen molar-refractivity contribution in [3.8, 4) is 45.2 Å². The lowest BCUT2D eigenvalue weighted by molar-refractivity contribution is 1.24. The summed E-state index contributed by atoms with van der Waals surface area (Å²) in [4.78, 5) is 26.0. The van der Waals surface area contributed by atoms with Crippen LogP contribution in [-0.2, 0) is 0 Å². The summed E-state index contributed by atoms with van der Waals surface area (Å²) in [6, 6.07) is 59.3. The Morgan fingerprint density at radius 3 is 1.47 bits per heavy atom. The van der Waals surface area contributed by atoms with Crippen LogP contribution in [0.3, 0.4) is 0 Å². The maximum atomic E-state index is 5.41. The highest BCUT2D eigenvalue weighted by Crippen LogP contribution is 2.37. The van der Waals surface area contributed by atoms with Gasteiger partial charge in [-0.1, -0.05) is 97.1 Å². The van der Waals surface area contributed by atoms with Gasteiger partial charge in [0.05, 0.1) is 50.5 Å². The molecule has 0 saturated heterocycles. The first-order valence-electron chi connectivity index (χ1n) is 18.5. The molecule has 0 spiro atoms. The number of pyridine rings is 5. The van der Waals surface area contributed by atoms with Crippen molar-refractivity contribution in [1.29, 1.82) is 0 Å². The van der Waals surface area contributed by atoms with Crippen LogP contribution in [0.1, 0.15) is 5.69 Å². The predicted molar refractivity (Wildman–Crippen MR) is 227 cm³/mol. The summed E-state index contributed by atoms with van der Waals surface area (Å²) in [7, 11) is 0. The second-order valence-electron chi connectivity index (χ2n) is 14.2. The average molecular weight is 702 g/mol. The Morgan fingerprint density at radius 1 is 0.309 bits per heavy atom. The van der Waals surface area contributed by atoms with Crippen LogP contribution in [0.5, 0.6) is 0 Å². The van der Waals surface area contributed by atoms with Crippen LogP contribution in [0.25, 0.3) is 110 Å². The topological polar surface area (TPSA) is 64.5 Å². The molecular formula is C50H31N5. The van der Waals surface area contributed by atoms with E-state index in [0.717, 1.165) is 105 Å². The molecule has 0 radical (unpaired) electrons. The quantitative estimate of drug-likeness (QED) is 0.135. The molecule has 0 aliphatic carbocycles. The van der Waals surface area contributed by atoms with Crippen LogP contribution in [0.2, 0.25) is 0 Å². The molecular weight excluding hydrogens is 671 g/mol. The van der Waals surface area contributed by atoms with Crippen molar-refractivity contribution < 1.29 is 0 Å². The van der Waals surface area contributed by atoms with E-state index in [1.165, 1.54) is 10.8 Å². The Hall–Kier alpha value is -7.37. The largest absolute Gasteiger partial charge is 0.251 e. The number of hydrogen-bond donors (Lipinski definition) is 0. The minimum absolute atomic E-state index is 0.752. The van der Waals surface area contributed by atoms with Gasteiger partial charge in [0, 0.05) is 32.8 Å². The van der Waals surface area contributed by atoms with E-state index in [4.69, 9.17) is 24.9 Å². The first-order chi connectivity index (χ1) is 27.1. The lowest BCUT2D eigenvalue weighted by Gasteiger charge is -2.13. The van der Waals surface area contributed by atoms with Crippen molar-refractivity contribution in [2.75, 3.05) is 0 Å². The number of hydrogen-bond acceptors (Lipinski definition) is 5. The maximum Gasteiger partial charge on any atom is 0.0978 e. The monoisotopic (exact) mass is 701 g/mol. The third-order valence-electron chi connectivity index (χ3n) is 10.6. The van der Waals surface area contributed by atoms with Gasteiger partial charge < -0.3 is 0 Å². The minimum atomic E-state index is 0.752. The highest BCUT2D eigenvalue weighted by atomic mass is 14.8. The average Bonchev–Trinajstić information content (AvgIpc) is 3.24. The zero-order chi connectivity index (χ0) is 36.5. The summed E-state index contributed by atoms with van der Waals surface area (Å²) in [6.07, 6.45) is 0. The number of benzene rings is 6. The zero-order valence-electron chi connectivity index (χ0n) is 29.9. The number of rotatable bonds is 4. The lowest BCUT2D eigenvalue weighted by Crippen LogP contribution is -1.97. The molecule has 11 rings (SSSR count). The molecule has 0 N–H and O–H groups in total. The molecule has 0 fully saturated rings. The van der Waals surface area contributed by atoms with E-state index in [1.807, 2.05) is 13.0 Å². The highest BCUT2D eigenvalue weighted by Gasteiger charge is 2.17. The molecule has 0 amide bonds. The van der Waals surface area contributed by atoms with Gasteiger partial charge in [0.15, 0.2) is 0 Å². The van der Waals surface area contributed by atoms with Gasteiger partial charge in [-0.25, -0.2) is 19.9 Å². The second-order valence-corrected chi connectivity index (χ2v) is 14.2. The van der Waals surface area contributed by atoms with Crippen molar-refractivity contribution in [3.05, 3.63) is 176 Å². The molecule has 5 heterocycles. The number of aromatic nitrogens is 5. The van der Waals surface area contributed by atoms with Crippen molar-refractivity contribution in [1.82, 2.24) is 24.9 Å². The normalized spacial score (nSPS) is 11.7. The third kappa shape index (κ3) is 5.44. The Balaban J connectivity index is 1.14. The minimum Gasteiger partial charge on any atom is -0.251 e. The van der Waals surface area contributed by atoms with Crippen LogP contribution >= 0.6 is 0 Å². The Kier molecular flexibility index (Phi) is 7.01. The van der Waals surface area contributed by atoms with Gasteiger partial charge in [-0.05, 0) is 112 Å². The Labute approximate surface area is 316 Å². The summed E-state index contributed by atoms with van der Waals surface area (Å²) in [5, 5.41) is 8.97. The second kappa shape index (κ2) is 12.4. The SMILES string of the molecule is Cc1ccc2cc(-c3ccccc3)c3ccc(-c4cc(-c5ccc6cc7ccccc7cc6n5)nc(-c5ccc6cc7ccccc7cc6n5)c4)nc3c2n1. The van der Waals surface area contributed by atoms with E-state index in [1.54, 1.807) is 0 Å². The maximum absolute atomic E-state index is 5.41. The summed E-state index contributed by atoms with van der Waals surface area (Å²) < 4.78 is 0. The molecule has 55 heavy (non-hydrogen) atoms. The third-order valence-corrected chi connectivity index (χ3v) is 10.6. The van der Waals surface area contributed by atoms with Crippen molar-refractivity contribution in [2.45, 2.75) is 6.92 Å². The molecule has 256 valence electrons. The molecule has 5 aromatic heterocycles. The van der Waals surface area contributed by atoms with Gasteiger partial charge >= 0.3 is 0 Å². The molecule has 0 atom stereocenters. The molecule has 5 nitrogen and oxygen atoms in total. The van der Waals surface area contributed by atoms with Crippen molar-refractivity contribution in [3.63, 3.8) is 0 Å². The fourth-order valence-corrected chi connectivity index (χ4v) is 7.83. The first-order valence-corrected chi connectivity index (χ1v) is 18.5. The van der Waals surface area contributed by atoms with Gasteiger partial charge in [-0.3, -0.25) is 4.98 Å². The number of nitrogens with zero attached hydrogens (tertiary/aromatic N) is 5. The van der Waals surface area contributed by atoms with Crippen LogP contribution in [-0.4, -0.2) is 24.9 Å². The fraction of sp³-hybridized carbons (Fsp3) is 0.0200. The van der Waals surface area contributed by atoms with Crippen LogP contribution in [0.15, 0.2) is 170 Å². The molecule has 0 aliphatic rings. The first kappa shape index (κ1) is 31.2. The van der Waals surface area contributed by atoms with Crippen LogP contribution in [0.4, 0.5) is 0 Å². The standard InChI is InChI=1S/C50H31N5/c1-30-15-16-38-25-41(31-9-3-2-4-10-31)40-19-22-42(55-50(40)49(38)51-30)39-28-47(43-20-17-36-23-32-11-5-7-13-34(32)26-45(36)52-43)54-48(29-39)44-21-18-37-24-33-12-6-8-14-35(33)27-46(37)53-44/h2-29H,1H3. The van der Waals surface area contributed by atoms with Gasteiger partial charge in [0.1, 0.15) is 0 Å². The van der Waals surface area contributed by atoms with Gasteiger partial charge in [0.25, 0.3) is 0 Å². The van der Waals surface area contributed by atoms with E-state index in [0.29, 0.717) is 0 Å². The fourth-order valence-electron chi connectivity index (χ4n) is 7.83. The van der Waals surface area contributed by atoms with Crippen molar-refractivity contribution in [2.24, 2.45) is 0 Å². The number of fused-ring (bicyclic) bond motifs is 7. The Morgan fingerprint density at radius 2 is 0.855 bits per heavy atom. The molecule has 0 bridgehead atoms. The highest BCUT2D eigenvalue weighted by molar-refractivity contribution is 6.11. The van der Waals surface area contributed by atoms with E-state index < -0.39 is 0 Å². The van der Waals surface area contributed by atoms with Crippen molar-refractivity contribution >= 4 is 65.2 Å². The van der Waals surface area contributed by atoms with Crippen LogP contribution in [0, 0.1) is 6.92 Å². The van der Waals surface area contributed by atoms with Gasteiger partial charge in [-0.2, -0.15) is 0 Å². The summed E-state index contributed by atoms with van der Waals surface area (Å²) in [5.41, 5.74) is 11.6.